The summed E-state index contributed by atoms with van der Waals surface area (Å²) in [7, 11) is 0. The number of anilines is 1. The van der Waals surface area contributed by atoms with E-state index in [0.717, 1.165) is 50.2 Å². The first-order valence-corrected chi connectivity index (χ1v) is 14.6. The molecule has 2 aliphatic rings. The van der Waals surface area contributed by atoms with Crippen LogP contribution in [0.2, 0.25) is 0 Å². The highest BCUT2D eigenvalue weighted by atomic mass is 32.2. The monoisotopic (exact) mass is 536 g/mol. The summed E-state index contributed by atoms with van der Waals surface area (Å²) < 4.78 is 5.64. The number of piperidine rings is 1. The van der Waals surface area contributed by atoms with Crippen molar-refractivity contribution in [2.24, 2.45) is 4.99 Å². The molecule has 2 saturated heterocycles. The predicted molar refractivity (Wildman–Crippen MR) is 158 cm³/mol. The number of amides is 1. The van der Waals surface area contributed by atoms with Gasteiger partial charge in [0.2, 0.25) is 0 Å². The van der Waals surface area contributed by atoms with Crippen molar-refractivity contribution in [1.82, 2.24) is 10.6 Å². The van der Waals surface area contributed by atoms with Crippen LogP contribution in [0.3, 0.4) is 0 Å². The number of carbonyl (C=O) groups is 1. The molecule has 0 saturated carbocycles. The zero-order valence-corrected chi connectivity index (χ0v) is 23.1. The smallest absolute Gasteiger partial charge is 0.264 e. The Morgan fingerprint density at radius 1 is 1.13 bits per heavy atom. The summed E-state index contributed by atoms with van der Waals surface area (Å²) in [4.78, 5) is 20.0. The number of thioether (sulfide) groups is 1. The number of rotatable bonds is 13. The van der Waals surface area contributed by atoms with Gasteiger partial charge < -0.3 is 25.4 Å². The molecule has 2 aromatic carbocycles. The predicted octanol–water partition coefficient (Wildman–Crippen LogP) is 4.83. The zero-order chi connectivity index (χ0) is 26.6. The molecule has 4 rings (SSSR count). The van der Waals surface area contributed by atoms with E-state index in [9.17, 15) is 9.90 Å². The van der Waals surface area contributed by atoms with Crippen molar-refractivity contribution in [3.8, 4) is 5.75 Å². The Morgan fingerprint density at radius 2 is 1.89 bits per heavy atom. The van der Waals surface area contributed by atoms with Gasteiger partial charge in [-0.15, -0.1) is 0 Å². The van der Waals surface area contributed by atoms with E-state index in [-0.39, 0.29) is 12.5 Å². The van der Waals surface area contributed by atoms with Crippen LogP contribution in [0.25, 0.3) is 6.08 Å². The molecule has 8 heteroatoms. The van der Waals surface area contributed by atoms with Crippen LogP contribution in [0.4, 0.5) is 5.69 Å². The Kier molecular flexibility index (Phi) is 11.1. The average Bonchev–Trinajstić information content (AvgIpc) is 3.30. The lowest BCUT2D eigenvalue weighted by molar-refractivity contribution is -0.115. The molecule has 1 unspecified atom stereocenters. The van der Waals surface area contributed by atoms with Gasteiger partial charge in [-0.1, -0.05) is 56.5 Å². The Bertz CT molecular complexity index is 1070. The van der Waals surface area contributed by atoms with E-state index >= 15 is 0 Å². The first kappa shape index (κ1) is 28.2. The Balaban J connectivity index is 1.18. The number of aliphatic imine (C=N–C) groups is 1. The molecule has 2 fully saturated rings. The maximum Gasteiger partial charge on any atom is 0.264 e. The number of nitrogens with zero attached hydrogens (tertiary/aromatic N) is 2. The van der Waals surface area contributed by atoms with Gasteiger partial charge in [0.15, 0.2) is 5.17 Å². The average molecular weight is 537 g/mol. The molecule has 1 amide bonds. The quantitative estimate of drug-likeness (QED) is 0.251. The van der Waals surface area contributed by atoms with Gasteiger partial charge >= 0.3 is 0 Å². The number of benzene rings is 2. The maximum absolute atomic E-state index is 12.3. The van der Waals surface area contributed by atoms with Gasteiger partial charge in [-0.25, -0.2) is 0 Å². The third-order valence-corrected chi connectivity index (χ3v) is 7.74. The number of aliphatic hydroxyl groups excluding tert-OH is 1. The summed E-state index contributed by atoms with van der Waals surface area (Å²) in [6.07, 6.45) is 8.13. The van der Waals surface area contributed by atoms with E-state index in [4.69, 9.17) is 4.74 Å². The standard InChI is InChI=1S/C30H40N4O3S/c1-2-3-4-8-17-31-30-33-29(36)28(38-30)20-23-11-13-25(14-12-23)34-18-15-24(16-19-34)32-21-26(35)22-37-27-9-6-5-7-10-27/h5-7,9-14,20,24,26,32,35H,2-4,8,15-19,21-22H2,1H3,(H,31,33,36)/b28-20+. The van der Waals surface area contributed by atoms with Crippen molar-refractivity contribution >= 4 is 34.6 Å². The zero-order valence-electron chi connectivity index (χ0n) is 22.3. The van der Waals surface area contributed by atoms with Gasteiger partial charge in [0.25, 0.3) is 5.91 Å². The lowest BCUT2D eigenvalue weighted by Crippen LogP contribution is -2.45. The highest BCUT2D eigenvalue weighted by Crippen LogP contribution is 2.27. The topological polar surface area (TPSA) is 86.2 Å². The van der Waals surface area contributed by atoms with Crippen LogP contribution >= 0.6 is 11.8 Å². The van der Waals surface area contributed by atoms with Crippen molar-refractivity contribution in [2.75, 3.05) is 37.7 Å². The van der Waals surface area contributed by atoms with Gasteiger partial charge in [0.1, 0.15) is 18.5 Å². The molecule has 38 heavy (non-hydrogen) atoms. The molecule has 1 atom stereocenters. The van der Waals surface area contributed by atoms with Crippen LogP contribution in [0, 0.1) is 0 Å². The van der Waals surface area contributed by atoms with Crippen LogP contribution in [-0.4, -0.2) is 61.1 Å². The van der Waals surface area contributed by atoms with Gasteiger partial charge in [-0.05, 0) is 66.9 Å². The molecule has 0 radical (unpaired) electrons. The van der Waals surface area contributed by atoms with Crippen molar-refractivity contribution in [3.63, 3.8) is 0 Å². The Hall–Kier alpha value is -2.81. The fourth-order valence-electron chi connectivity index (χ4n) is 4.57. The van der Waals surface area contributed by atoms with Crippen LogP contribution < -0.4 is 20.3 Å². The lowest BCUT2D eigenvalue weighted by Gasteiger charge is -2.34. The molecule has 2 heterocycles. The molecule has 0 aromatic heterocycles. The summed E-state index contributed by atoms with van der Waals surface area (Å²) in [5, 5.41) is 17.3. The van der Waals surface area contributed by atoms with Crippen LogP contribution in [0.15, 0.2) is 64.5 Å². The first-order chi connectivity index (χ1) is 18.6. The molecule has 7 nitrogen and oxygen atoms in total. The van der Waals surface area contributed by atoms with Crippen LogP contribution in [0.1, 0.15) is 51.0 Å². The number of para-hydroxylation sites is 1. The normalized spacial score (nSPS) is 19.2. The fourth-order valence-corrected chi connectivity index (χ4v) is 5.41. The second kappa shape index (κ2) is 15.0. The minimum atomic E-state index is -0.539. The number of hydrogen-bond acceptors (Lipinski definition) is 7. The molecular weight excluding hydrogens is 496 g/mol. The summed E-state index contributed by atoms with van der Waals surface area (Å²) in [6.45, 7) is 5.70. The third kappa shape index (κ3) is 8.89. The lowest BCUT2D eigenvalue weighted by atomic mass is 10.0. The summed E-state index contributed by atoms with van der Waals surface area (Å²) in [5.74, 6) is 0.705. The van der Waals surface area contributed by atoms with Gasteiger partial charge in [0, 0.05) is 37.9 Å². The van der Waals surface area contributed by atoms with Crippen molar-refractivity contribution < 1.29 is 14.6 Å². The summed E-state index contributed by atoms with van der Waals surface area (Å²) in [5.41, 5.74) is 2.21. The van der Waals surface area contributed by atoms with E-state index in [1.807, 2.05) is 36.4 Å². The second-order valence-electron chi connectivity index (χ2n) is 9.85. The molecule has 2 aromatic rings. The van der Waals surface area contributed by atoms with Gasteiger partial charge in [0.05, 0.1) is 4.91 Å². The number of aliphatic hydroxyl groups is 1. The number of nitrogens with one attached hydrogen (secondary N) is 2. The highest BCUT2D eigenvalue weighted by Gasteiger charge is 2.24. The molecular formula is C30H40N4O3S. The highest BCUT2D eigenvalue weighted by molar-refractivity contribution is 8.18. The Morgan fingerprint density at radius 3 is 2.63 bits per heavy atom. The Labute approximate surface area is 230 Å². The molecule has 204 valence electrons. The SMILES string of the molecule is CCCCCCN=C1NC(=O)/C(=C\c2ccc(N3CCC(NCC(O)COc4ccccc4)CC3)cc2)S1. The molecule has 3 N–H and O–H groups in total. The first-order valence-electron chi connectivity index (χ1n) is 13.8. The van der Waals surface area contributed by atoms with E-state index in [1.54, 1.807) is 0 Å². The van der Waals surface area contributed by atoms with E-state index in [0.29, 0.717) is 22.7 Å². The van der Waals surface area contributed by atoms with Crippen LogP contribution in [-0.2, 0) is 4.79 Å². The van der Waals surface area contributed by atoms with E-state index in [2.05, 4.69) is 51.7 Å². The number of hydrogen-bond donors (Lipinski definition) is 3. The summed E-state index contributed by atoms with van der Waals surface area (Å²) in [6, 6.07) is 18.4. The van der Waals surface area contributed by atoms with Crippen LogP contribution in [0.5, 0.6) is 5.75 Å². The minimum Gasteiger partial charge on any atom is -0.491 e. The molecule has 0 spiro atoms. The fraction of sp³-hybridized carbons (Fsp3) is 0.467. The largest absolute Gasteiger partial charge is 0.491 e. The number of amidine groups is 1. The van der Waals surface area contributed by atoms with E-state index in [1.165, 1.54) is 36.7 Å². The molecule has 2 aliphatic heterocycles. The summed E-state index contributed by atoms with van der Waals surface area (Å²) >= 11 is 1.43. The van der Waals surface area contributed by atoms with Crippen molar-refractivity contribution in [2.45, 2.75) is 57.6 Å². The van der Waals surface area contributed by atoms with E-state index < -0.39 is 6.10 Å². The van der Waals surface area contributed by atoms with Crippen molar-refractivity contribution in [1.29, 1.82) is 0 Å². The minimum absolute atomic E-state index is 0.0716. The van der Waals surface area contributed by atoms with Gasteiger partial charge in [-0.3, -0.25) is 9.79 Å². The third-order valence-electron chi connectivity index (χ3n) is 6.80. The molecule has 0 aliphatic carbocycles. The number of ether oxygens (including phenoxy) is 1. The van der Waals surface area contributed by atoms with Crippen molar-refractivity contribution in [3.05, 3.63) is 65.1 Å². The number of carbonyl (C=O) groups excluding carboxylic acids is 1. The van der Waals surface area contributed by atoms with Gasteiger partial charge in [-0.2, -0.15) is 0 Å². The molecule has 0 bridgehead atoms. The second-order valence-corrected chi connectivity index (χ2v) is 10.9. The number of unbranched alkanes of at least 4 members (excludes halogenated alkanes) is 3. The maximum atomic E-state index is 12.3.